The topological polar surface area (TPSA) is 56.3 Å². The molecule has 3 heterocycles. The smallest absolute Gasteiger partial charge is 0.155 e. The van der Waals surface area contributed by atoms with Gasteiger partial charge in [-0.05, 0) is 37.7 Å². The van der Waals surface area contributed by atoms with Gasteiger partial charge in [-0.2, -0.15) is 0 Å². The summed E-state index contributed by atoms with van der Waals surface area (Å²) in [6, 6.07) is 8.29. The number of hydrogen-bond acceptors (Lipinski definition) is 6. The van der Waals surface area contributed by atoms with Crippen LogP contribution in [0.4, 0.5) is 0 Å². The number of carbonyl (C=O) groups is 2. The number of ether oxygens (including phenoxy) is 1. The lowest BCUT2D eigenvalue weighted by molar-refractivity contribution is -0.127. The molecule has 1 saturated carbocycles. The monoisotopic (exact) mass is 399 g/mol. The first kappa shape index (κ1) is 17.6. The quantitative estimate of drug-likeness (QED) is 0.572. The van der Waals surface area contributed by atoms with Crippen molar-refractivity contribution in [2.24, 2.45) is 11.8 Å². The van der Waals surface area contributed by atoms with Gasteiger partial charge in [0.25, 0.3) is 0 Å². The maximum Gasteiger partial charge on any atom is 0.155 e. The molecule has 5 rings (SSSR count). The third-order valence-electron chi connectivity index (χ3n) is 6.16. The van der Waals surface area contributed by atoms with E-state index in [1.807, 2.05) is 0 Å². The van der Waals surface area contributed by atoms with Gasteiger partial charge in [-0.15, -0.1) is 23.1 Å². The molecule has 3 fully saturated rings. The van der Waals surface area contributed by atoms with Gasteiger partial charge in [-0.1, -0.05) is 19.1 Å². The number of nitrogens with zero attached hydrogens (tertiary/aromatic N) is 1. The molecule has 2 saturated heterocycles. The summed E-state index contributed by atoms with van der Waals surface area (Å²) >= 11 is 3.31. The molecular formula is C21H21NO3S2. The van der Waals surface area contributed by atoms with Crippen LogP contribution in [-0.4, -0.2) is 35.0 Å². The summed E-state index contributed by atoms with van der Waals surface area (Å²) in [5.41, 5.74) is 1.75. The van der Waals surface area contributed by atoms with Crippen LogP contribution in [-0.2, 0) is 20.7 Å². The molecule has 0 radical (unpaired) electrons. The number of ketones is 2. The van der Waals surface area contributed by atoms with Crippen LogP contribution in [0.1, 0.15) is 36.3 Å². The molecule has 2 aromatic rings. The van der Waals surface area contributed by atoms with Crippen LogP contribution >= 0.6 is 23.1 Å². The second-order valence-corrected chi connectivity index (χ2v) is 9.45. The molecule has 4 nitrogen and oxygen atoms in total. The van der Waals surface area contributed by atoms with E-state index in [0.29, 0.717) is 5.69 Å². The number of thiazole rings is 1. The largest absolute Gasteiger partial charge is 0.373 e. The van der Waals surface area contributed by atoms with Crippen molar-refractivity contribution in [1.29, 1.82) is 0 Å². The molecule has 140 valence electrons. The zero-order valence-corrected chi connectivity index (χ0v) is 16.9. The Labute approximate surface area is 166 Å². The Kier molecular flexibility index (Phi) is 4.26. The second kappa shape index (κ2) is 6.54. The van der Waals surface area contributed by atoms with Crippen LogP contribution in [0, 0.1) is 11.8 Å². The molecule has 2 bridgehead atoms. The maximum absolute atomic E-state index is 13.1. The number of benzene rings is 1. The predicted octanol–water partition coefficient (Wildman–Crippen LogP) is 4.12. The van der Waals surface area contributed by atoms with Gasteiger partial charge >= 0.3 is 0 Å². The molecule has 6 heteroatoms. The van der Waals surface area contributed by atoms with Gasteiger partial charge in [-0.25, -0.2) is 4.98 Å². The van der Waals surface area contributed by atoms with Crippen LogP contribution in [0.3, 0.4) is 0 Å². The molecule has 27 heavy (non-hydrogen) atoms. The molecule has 5 atom stereocenters. The standard InChI is InChI=1S/C21H21NO3S2/c1-3-14-18(22-21(27-14)10-4-6-11(26-2)7-5-10)17-19(23)15-12-8-9-13(25-12)16(15)20(17)24/h4-7,12-13,15-17H,3,8-9H2,1-2H3/t12-,13+,15-,16+,17?. The Balaban J connectivity index is 1.52. The van der Waals surface area contributed by atoms with Gasteiger partial charge in [0, 0.05) is 15.3 Å². The minimum Gasteiger partial charge on any atom is -0.373 e. The number of aromatic nitrogens is 1. The fourth-order valence-corrected chi connectivity index (χ4v) is 6.35. The fraction of sp³-hybridized carbons (Fsp3) is 0.476. The van der Waals surface area contributed by atoms with E-state index in [1.54, 1.807) is 23.1 Å². The highest BCUT2D eigenvalue weighted by Gasteiger charge is 2.63. The number of carbonyl (C=O) groups excluding carboxylic acids is 2. The summed E-state index contributed by atoms with van der Waals surface area (Å²) in [4.78, 5) is 33.4. The van der Waals surface area contributed by atoms with Crippen molar-refractivity contribution in [1.82, 2.24) is 4.98 Å². The highest BCUT2D eigenvalue weighted by atomic mass is 32.2. The van der Waals surface area contributed by atoms with E-state index in [9.17, 15) is 9.59 Å². The molecule has 2 aliphatic heterocycles. The fourth-order valence-electron chi connectivity index (χ4n) is 4.89. The van der Waals surface area contributed by atoms with Crippen molar-refractivity contribution in [2.75, 3.05) is 6.26 Å². The zero-order chi connectivity index (χ0) is 18.7. The molecule has 3 aliphatic rings. The van der Waals surface area contributed by atoms with Crippen LogP contribution < -0.4 is 0 Å². The Morgan fingerprint density at radius 1 is 1.11 bits per heavy atom. The highest BCUT2D eigenvalue weighted by molar-refractivity contribution is 7.98. The summed E-state index contributed by atoms with van der Waals surface area (Å²) in [5, 5.41) is 0.895. The summed E-state index contributed by atoms with van der Waals surface area (Å²) in [7, 11) is 0. The predicted molar refractivity (Wildman–Crippen MR) is 106 cm³/mol. The third-order valence-corrected chi connectivity index (χ3v) is 8.17. The molecular weight excluding hydrogens is 378 g/mol. The van der Waals surface area contributed by atoms with Gasteiger partial charge in [-0.3, -0.25) is 9.59 Å². The Hall–Kier alpha value is -1.50. The van der Waals surface area contributed by atoms with Crippen molar-refractivity contribution in [3.8, 4) is 10.6 Å². The van der Waals surface area contributed by atoms with E-state index in [0.717, 1.165) is 34.7 Å². The number of aryl methyl sites for hydroxylation is 1. The molecule has 0 spiro atoms. The molecule has 1 aliphatic carbocycles. The van der Waals surface area contributed by atoms with Crippen molar-refractivity contribution in [2.45, 2.75) is 49.2 Å². The average Bonchev–Trinajstić information content (AvgIpc) is 3.45. The van der Waals surface area contributed by atoms with Gasteiger partial charge in [0.1, 0.15) is 10.9 Å². The normalized spacial score (nSPS) is 31.7. The molecule has 1 aromatic carbocycles. The van der Waals surface area contributed by atoms with E-state index in [1.165, 1.54) is 4.90 Å². The Morgan fingerprint density at radius 2 is 1.74 bits per heavy atom. The minimum absolute atomic E-state index is 0.0430. The van der Waals surface area contributed by atoms with Gasteiger partial charge in [0.05, 0.1) is 29.7 Å². The van der Waals surface area contributed by atoms with Crippen molar-refractivity contribution < 1.29 is 14.3 Å². The number of fused-ring (bicyclic) bond motifs is 5. The Bertz CT molecular complexity index is 892. The lowest BCUT2D eigenvalue weighted by Crippen LogP contribution is -2.29. The number of Topliss-reactive ketones (excluding diaryl/α,β-unsaturated/α-hetero) is 2. The SMILES string of the molecule is CCc1sc(-c2ccc(SC)cc2)nc1C1C(=O)[C@@H]2[C@H](C1=O)[C@H]1CC[C@@H]2O1. The van der Waals surface area contributed by atoms with E-state index in [-0.39, 0.29) is 35.6 Å². The third kappa shape index (κ3) is 2.57. The summed E-state index contributed by atoms with van der Waals surface area (Å²) in [6.07, 6.45) is 4.54. The Morgan fingerprint density at radius 3 is 2.30 bits per heavy atom. The number of thioether (sulfide) groups is 1. The summed E-state index contributed by atoms with van der Waals surface area (Å²) < 4.78 is 5.86. The number of hydrogen-bond donors (Lipinski definition) is 0. The van der Waals surface area contributed by atoms with E-state index < -0.39 is 5.92 Å². The van der Waals surface area contributed by atoms with Crippen molar-refractivity contribution >= 4 is 34.7 Å². The molecule has 0 N–H and O–H groups in total. The van der Waals surface area contributed by atoms with Crippen LogP contribution in [0.15, 0.2) is 29.2 Å². The minimum atomic E-state index is -0.683. The van der Waals surface area contributed by atoms with Crippen molar-refractivity contribution in [3.05, 3.63) is 34.8 Å². The summed E-state index contributed by atoms with van der Waals surface area (Å²) in [6.45, 7) is 2.06. The lowest BCUT2D eigenvalue weighted by Gasteiger charge is -2.16. The van der Waals surface area contributed by atoms with Gasteiger partial charge in [0.2, 0.25) is 0 Å². The second-order valence-electron chi connectivity index (χ2n) is 7.49. The first-order chi connectivity index (χ1) is 13.1. The molecule has 1 aromatic heterocycles. The van der Waals surface area contributed by atoms with Crippen molar-refractivity contribution in [3.63, 3.8) is 0 Å². The average molecular weight is 400 g/mol. The maximum atomic E-state index is 13.1. The first-order valence-corrected chi connectivity index (χ1v) is 11.5. The van der Waals surface area contributed by atoms with Crippen LogP contribution in [0.25, 0.3) is 10.6 Å². The van der Waals surface area contributed by atoms with Crippen LogP contribution in [0.2, 0.25) is 0 Å². The lowest BCUT2D eigenvalue weighted by atomic mass is 9.81. The van der Waals surface area contributed by atoms with Gasteiger partial charge in [0.15, 0.2) is 11.6 Å². The highest BCUT2D eigenvalue weighted by Crippen LogP contribution is 2.53. The van der Waals surface area contributed by atoms with E-state index >= 15 is 0 Å². The summed E-state index contributed by atoms with van der Waals surface area (Å²) in [5.74, 6) is -1.07. The zero-order valence-electron chi connectivity index (χ0n) is 15.3. The van der Waals surface area contributed by atoms with E-state index in [4.69, 9.17) is 9.72 Å². The molecule has 1 unspecified atom stereocenters. The van der Waals surface area contributed by atoms with Gasteiger partial charge < -0.3 is 4.74 Å². The first-order valence-electron chi connectivity index (χ1n) is 9.49. The molecule has 0 amide bonds. The number of rotatable bonds is 4. The van der Waals surface area contributed by atoms with E-state index in [2.05, 4.69) is 37.4 Å². The van der Waals surface area contributed by atoms with Crippen LogP contribution in [0.5, 0.6) is 0 Å².